The first-order chi connectivity index (χ1) is 7.74. The van der Waals surface area contributed by atoms with Crippen molar-refractivity contribution in [1.29, 1.82) is 0 Å². The Morgan fingerprint density at radius 2 is 2.12 bits per heavy atom. The molecule has 0 N–H and O–H groups in total. The number of nitro groups is 1. The summed E-state index contributed by atoms with van der Waals surface area (Å²) >= 11 is 0. The van der Waals surface area contributed by atoms with Gasteiger partial charge in [0.25, 0.3) is 5.69 Å². The van der Waals surface area contributed by atoms with Crippen molar-refractivity contribution >= 4 is 5.69 Å². The third-order valence-electron chi connectivity index (χ3n) is 1.72. The first-order valence-corrected chi connectivity index (χ1v) is 4.66. The van der Waals surface area contributed by atoms with Crippen LogP contribution in [-0.2, 0) is 4.74 Å². The molecule has 82 valence electrons. The summed E-state index contributed by atoms with van der Waals surface area (Å²) in [6.07, 6.45) is 1.65. The quantitative estimate of drug-likeness (QED) is 0.255. The van der Waals surface area contributed by atoms with Crippen LogP contribution in [0.5, 0.6) is 0 Å². The smallest absolute Gasteiger partial charge is 0.269 e. The van der Waals surface area contributed by atoms with Gasteiger partial charge < -0.3 is 4.74 Å². The van der Waals surface area contributed by atoms with Crippen LogP contribution in [0.1, 0.15) is 5.56 Å². The highest BCUT2D eigenvalue weighted by Gasteiger charge is 2.01. The molecule has 4 nitrogen and oxygen atoms in total. The molecular weight excluding hydrogens is 206 g/mol. The van der Waals surface area contributed by atoms with Crippen LogP contribution < -0.4 is 0 Å². The van der Waals surface area contributed by atoms with Crippen molar-refractivity contribution in [3.8, 4) is 11.8 Å². The number of nitrogens with zero attached hydrogens (tertiary/aromatic N) is 1. The molecule has 0 aliphatic rings. The van der Waals surface area contributed by atoms with Gasteiger partial charge in [-0.1, -0.05) is 17.9 Å². The molecule has 0 aromatic heterocycles. The lowest BCUT2D eigenvalue weighted by atomic mass is 10.2. The lowest BCUT2D eigenvalue weighted by molar-refractivity contribution is -0.384. The van der Waals surface area contributed by atoms with Crippen molar-refractivity contribution in [1.82, 2.24) is 0 Å². The molecule has 0 atom stereocenters. The van der Waals surface area contributed by atoms with E-state index in [1.165, 1.54) is 12.1 Å². The topological polar surface area (TPSA) is 52.4 Å². The van der Waals surface area contributed by atoms with E-state index < -0.39 is 4.92 Å². The molecule has 0 bridgehead atoms. The van der Waals surface area contributed by atoms with E-state index in [0.29, 0.717) is 13.2 Å². The van der Waals surface area contributed by atoms with E-state index in [2.05, 4.69) is 18.4 Å². The highest BCUT2D eigenvalue weighted by molar-refractivity contribution is 5.41. The second kappa shape index (κ2) is 6.38. The number of non-ortho nitro benzene ring substituents is 1. The minimum Gasteiger partial charge on any atom is -0.365 e. The van der Waals surface area contributed by atoms with Crippen LogP contribution in [0.25, 0.3) is 0 Å². The van der Waals surface area contributed by atoms with Gasteiger partial charge in [0.2, 0.25) is 0 Å². The summed E-state index contributed by atoms with van der Waals surface area (Å²) in [5.41, 5.74) is 0.793. The van der Waals surface area contributed by atoms with Crippen molar-refractivity contribution in [3.05, 3.63) is 52.6 Å². The van der Waals surface area contributed by atoms with Gasteiger partial charge >= 0.3 is 0 Å². The standard InChI is InChI=1S/C12H11NO3/c1-2-9-16-10-3-4-11-5-7-12(8-6-11)13(14)15/h2,5-8H,1,9-10H2. The maximum Gasteiger partial charge on any atom is 0.269 e. The summed E-state index contributed by atoms with van der Waals surface area (Å²) in [6, 6.07) is 6.07. The largest absolute Gasteiger partial charge is 0.365 e. The zero-order chi connectivity index (χ0) is 11.8. The van der Waals surface area contributed by atoms with Crippen LogP contribution in [0, 0.1) is 22.0 Å². The molecule has 0 saturated heterocycles. The Hall–Kier alpha value is -2.12. The van der Waals surface area contributed by atoms with Crippen LogP contribution in [0.4, 0.5) is 5.69 Å². The third-order valence-corrected chi connectivity index (χ3v) is 1.72. The third kappa shape index (κ3) is 3.95. The van der Waals surface area contributed by atoms with Gasteiger partial charge in [0.1, 0.15) is 6.61 Å². The Morgan fingerprint density at radius 1 is 1.44 bits per heavy atom. The minimum absolute atomic E-state index is 0.0634. The molecule has 4 heteroatoms. The fourth-order valence-corrected chi connectivity index (χ4v) is 0.998. The normalized spacial score (nSPS) is 9.00. The fraction of sp³-hybridized carbons (Fsp3) is 0.167. The summed E-state index contributed by atoms with van der Waals surface area (Å²) in [7, 11) is 0. The summed E-state index contributed by atoms with van der Waals surface area (Å²) in [4.78, 5) is 9.94. The van der Waals surface area contributed by atoms with Gasteiger partial charge in [-0.3, -0.25) is 10.1 Å². The van der Waals surface area contributed by atoms with E-state index in [-0.39, 0.29) is 5.69 Å². The molecule has 0 aliphatic heterocycles. The molecule has 0 saturated carbocycles. The Kier molecular flexibility index (Phi) is 4.77. The number of hydrogen-bond acceptors (Lipinski definition) is 3. The number of benzene rings is 1. The van der Waals surface area contributed by atoms with E-state index in [4.69, 9.17) is 4.74 Å². The van der Waals surface area contributed by atoms with E-state index in [0.717, 1.165) is 5.56 Å². The maximum absolute atomic E-state index is 10.4. The molecule has 1 aromatic rings. The van der Waals surface area contributed by atoms with Crippen LogP contribution in [0.2, 0.25) is 0 Å². The van der Waals surface area contributed by atoms with Gasteiger partial charge in [-0.2, -0.15) is 0 Å². The van der Waals surface area contributed by atoms with Gasteiger partial charge in [0.05, 0.1) is 11.5 Å². The molecular formula is C12H11NO3. The highest BCUT2D eigenvalue weighted by atomic mass is 16.6. The van der Waals surface area contributed by atoms with Crippen molar-refractivity contribution in [2.75, 3.05) is 13.2 Å². The van der Waals surface area contributed by atoms with Crippen LogP contribution in [0.3, 0.4) is 0 Å². The molecule has 16 heavy (non-hydrogen) atoms. The second-order valence-electron chi connectivity index (χ2n) is 2.91. The fourth-order valence-electron chi connectivity index (χ4n) is 0.998. The van der Waals surface area contributed by atoms with Gasteiger partial charge in [0, 0.05) is 17.7 Å². The van der Waals surface area contributed by atoms with Crippen molar-refractivity contribution < 1.29 is 9.66 Å². The van der Waals surface area contributed by atoms with Crippen molar-refractivity contribution in [3.63, 3.8) is 0 Å². The van der Waals surface area contributed by atoms with E-state index in [1.807, 2.05) is 0 Å². The van der Waals surface area contributed by atoms with E-state index in [1.54, 1.807) is 18.2 Å². The van der Waals surface area contributed by atoms with Gasteiger partial charge in [-0.15, -0.1) is 6.58 Å². The van der Waals surface area contributed by atoms with Crippen molar-refractivity contribution in [2.24, 2.45) is 0 Å². The SMILES string of the molecule is C=CCOCC#Cc1ccc([N+](=O)[O-])cc1. The average Bonchev–Trinajstić information content (AvgIpc) is 2.29. The first-order valence-electron chi connectivity index (χ1n) is 4.66. The number of rotatable bonds is 4. The van der Waals surface area contributed by atoms with Gasteiger partial charge in [-0.25, -0.2) is 0 Å². The minimum atomic E-state index is -0.440. The lowest BCUT2D eigenvalue weighted by Gasteiger charge is -1.92. The van der Waals surface area contributed by atoms with Crippen LogP contribution >= 0.6 is 0 Å². The Balaban J connectivity index is 2.54. The number of ether oxygens (including phenoxy) is 1. The Bertz CT molecular complexity index is 426. The molecule has 0 radical (unpaired) electrons. The predicted molar refractivity (Wildman–Crippen MR) is 61.0 cm³/mol. The van der Waals surface area contributed by atoms with E-state index >= 15 is 0 Å². The molecule has 0 aliphatic carbocycles. The summed E-state index contributed by atoms with van der Waals surface area (Å²) in [6.45, 7) is 4.30. The van der Waals surface area contributed by atoms with Crippen LogP contribution in [-0.4, -0.2) is 18.1 Å². The monoisotopic (exact) mass is 217 g/mol. The molecule has 0 spiro atoms. The zero-order valence-corrected chi connectivity index (χ0v) is 8.68. The molecule has 1 rings (SSSR count). The Labute approximate surface area is 93.7 Å². The van der Waals surface area contributed by atoms with Crippen molar-refractivity contribution in [2.45, 2.75) is 0 Å². The zero-order valence-electron chi connectivity index (χ0n) is 8.68. The summed E-state index contributed by atoms with van der Waals surface area (Å²) < 4.78 is 5.07. The first kappa shape index (κ1) is 12.0. The molecule has 0 unspecified atom stereocenters. The number of nitro benzene ring substituents is 1. The maximum atomic E-state index is 10.4. The summed E-state index contributed by atoms with van der Waals surface area (Å²) in [5.74, 6) is 5.63. The number of hydrogen-bond donors (Lipinski definition) is 0. The van der Waals surface area contributed by atoms with Gasteiger partial charge in [0.15, 0.2) is 0 Å². The lowest BCUT2D eigenvalue weighted by Crippen LogP contribution is -1.90. The highest BCUT2D eigenvalue weighted by Crippen LogP contribution is 2.10. The average molecular weight is 217 g/mol. The second-order valence-corrected chi connectivity index (χ2v) is 2.91. The van der Waals surface area contributed by atoms with Crippen LogP contribution in [0.15, 0.2) is 36.9 Å². The van der Waals surface area contributed by atoms with E-state index in [9.17, 15) is 10.1 Å². The molecule has 1 aromatic carbocycles. The molecule has 0 heterocycles. The molecule has 0 fully saturated rings. The predicted octanol–water partition coefficient (Wildman–Crippen LogP) is 2.15. The Morgan fingerprint density at radius 3 is 2.69 bits per heavy atom. The molecule has 0 amide bonds. The summed E-state index contributed by atoms with van der Waals surface area (Å²) in [5, 5.41) is 10.4. The van der Waals surface area contributed by atoms with Gasteiger partial charge in [-0.05, 0) is 12.1 Å².